The minimum absolute atomic E-state index is 0.160. The average molecular weight is 393 g/mol. The third-order valence-corrected chi connectivity index (χ3v) is 5.95. The Bertz CT molecular complexity index is 1240. The summed E-state index contributed by atoms with van der Waals surface area (Å²) >= 11 is 0. The van der Waals surface area contributed by atoms with Gasteiger partial charge in [-0.3, -0.25) is 9.78 Å². The minimum Gasteiger partial charge on any atom is -0.367 e. The van der Waals surface area contributed by atoms with Crippen molar-refractivity contribution in [2.45, 2.75) is 26.3 Å². The van der Waals surface area contributed by atoms with Crippen molar-refractivity contribution in [2.24, 2.45) is 0 Å². The Balaban J connectivity index is 1.38. The van der Waals surface area contributed by atoms with E-state index in [0.717, 1.165) is 41.8 Å². The number of ketones is 1. The lowest BCUT2D eigenvalue weighted by Crippen LogP contribution is -2.30. The smallest absolute Gasteiger partial charge is 0.167 e. The molecule has 5 rings (SSSR count). The maximum Gasteiger partial charge on any atom is 0.167 e. The maximum absolute atomic E-state index is 12.9. The van der Waals surface area contributed by atoms with Crippen LogP contribution in [0.5, 0.6) is 0 Å². The molecule has 2 heterocycles. The molecule has 1 aliphatic rings. The third-order valence-electron chi connectivity index (χ3n) is 5.95. The molecule has 0 N–H and O–H groups in total. The highest BCUT2D eigenvalue weighted by molar-refractivity contribution is 5.98. The number of nitrogens with zero attached hydrogens (tertiary/aromatic N) is 2. The summed E-state index contributed by atoms with van der Waals surface area (Å²) in [4.78, 5) is 19.9. The molecule has 3 aromatic carbocycles. The van der Waals surface area contributed by atoms with Crippen molar-refractivity contribution < 1.29 is 4.79 Å². The lowest BCUT2D eigenvalue weighted by molar-refractivity contribution is 0.0993. The number of pyridine rings is 1. The summed E-state index contributed by atoms with van der Waals surface area (Å²) < 4.78 is 0. The summed E-state index contributed by atoms with van der Waals surface area (Å²) in [6.45, 7) is 3.82. The summed E-state index contributed by atoms with van der Waals surface area (Å²) in [5.74, 6) is 0.160. The predicted molar refractivity (Wildman–Crippen MR) is 122 cm³/mol. The van der Waals surface area contributed by atoms with Crippen LogP contribution in [0.15, 0.2) is 79.0 Å². The fourth-order valence-electron chi connectivity index (χ4n) is 4.41. The van der Waals surface area contributed by atoms with Gasteiger partial charge in [0.05, 0.1) is 5.52 Å². The fourth-order valence-corrected chi connectivity index (χ4v) is 4.41. The molecule has 0 fully saturated rings. The van der Waals surface area contributed by atoms with E-state index in [2.05, 4.69) is 53.2 Å². The second kappa shape index (κ2) is 7.75. The number of benzene rings is 3. The molecule has 0 saturated heterocycles. The zero-order valence-electron chi connectivity index (χ0n) is 17.1. The van der Waals surface area contributed by atoms with Gasteiger partial charge < -0.3 is 4.90 Å². The van der Waals surface area contributed by atoms with Crippen molar-refractivity contribution in [2.75, 3.05) is 11.4 Å². The first kappa shape index (κ1) is 18.6. The van der Waals surface area contributed by atoms with Crippen LogP contribution in [0.25, 0.3) is 10.9 Å². The van der Waals surface area contributed by atoms with Gasteiger partial charge >= 0.3 is 0 Å². The molecule has 4 aromatic rings. The molecule has 0 atom stereocenters. The molecule has 0 amide bonds. The normalized spacial score (nSPS) is 13.3. The van der Waals surface area contributed by atoms with Crippen LogP contribution in [-0.2, 0) is 19.4 Å². The molecular formula is C27H24N2O. The van der Waals surface area contributed by atoms with Gasteiger partial charge in [-0.25, -0.2) is 0 Å². The second-order valence-electron chi connectivity index (χ2n) is 8.09. The Morgan fingerprint density at radius 2 is 1.87 bits per heavy atom. The number of hydrogen-bond donors (Lipinski definition) is 0. The van der Waals surface area contributed by atoms with Crippen LogP contribution in [0.4, 0.5) is 5.69 Å². The van der Waals surface area contributed by atoms with E-state index in [4.69, 9.17) is 0 Å². The Kier molecular flexibility index (Phi) is 4.80. The Labute approximate surface area is 177 Å². The van der Waals surface area contributed by atoms with Crippen molar-refractivity contribution >= 4 is 22.4 Å². The van der Waals surface area contributed by atoms with E-state index in [0.29, 0.717) is 6.42 Å². The zero-order valence-corrected chi connectivity index (χ0v) is 17.1. The van der Waals surface area contributed by atoms with E-state index in [9.17, 15) is 4.79 Å². The summed E-state index contributed by atoms with van der Waals surface area (Å²) in [6.07, 6.45) is 3.43. The van der Waals surface area contributed by atoms with Gasteiger partial charge in [-0.2, -0.15) is 0 Å². The lowest BCUT2D eigenvalue weighted by atomic mass is 9.96. The van der Waals surface area contributed by atoms with Gasteiger partial charge in [-0.05, 0) is 48.2 Å². The van der Waals surface area contributed by atoms with Gasteiger partial charge in [0.15, 0.2) is 5.78 Å². The molecule has 1 aromatic heterocycles. The molecule has 1 aliphatic heterocycles. The molecule has 3 nitrogen and oxygen atoms in total. The van der Waals surface area contributed by atoms with Crippen molar-refractivity contribution in [1.29, 1.82) is 0 Å². The van der Waals surface area contributed by atoms with Gasteiger partial charge in [0, 0.05) is 42.3 Å². The fraction of sp³-hybridized carbons (Fsp3) is 0.185. The molecule has 148 valence electrons. The van der Waals surface area contributed by atoms with Crippen molar-refractivity contribution in [3.63, 3.8) is 0 Å². The molecule has 0 bridgehead atoms. The van der Waals surface area contributed by atoms with E-state index < -0.39 is 0 Å². The first-order valence-electron chi connectivity index (χ1n) is 10.5. The van der Waals surface area contributed by atoms with E-state index >= 15 is 0 Å². The number of anilines is 1. The quantitative estimate of drug-likeness (QED) is 0.428. The summed E-state index contributed by atoms with van der Waals surface area (Å²) in [5, 5.41) is 1.26. The van der Waals surface area contributed by atoms with Crippen LogP contribution in [0.3, 0.4) is 0 Å². The standard InChI is InChI=1S/C27H24N2O/c1-19-6-4-7-20(14-19)15-27(30)21-8-5-9-23(16-21)29-13-12-24-22(18-29)17-28-26-11-3-2-10-25(24)26/h2-11,14,16-17H,12-13,15,18H2,1H3. The molecule has 0 saturated carbocycles. The number of rotatable bonds is 4. The molecular weight excluding hydrogens is 368 g/mol. The van der Waals surface area contributed by atoms with Crippen molar-refractivity contribution in [1.82, 2.24) is 4.98 Å². The average Bonchev–Trinajstić information content (AvgIpc) is 2.78. The van der Waals surface area contributed by atoms with Gasteiger partial charge in [0.2, 0.25) is 0 Å². The van der Waals surface area contributed by atoms with Crippen LogP contribution >= 0.6 is 0 Å². The van der Waals surface area contributed by atoms with Gasteiger partial charge in [0.1, 0.15) is 0 Å². The number of carbonyl (C=O) groups excluding carboxylic acids is 1. The monoisotopic (exact) mass is 392 g/mol. The largest absolute Gasteiger partial charge is 0.367 e. The topological polar surface area (TPSA) is 33.2 Å². The molecule has 30 heavy (non-hydrogen) atoms. The van der Waals surface area contributed by atoms with E-state index in [-0.39, 0.29) is 5.78 Å². The second-order valence-corrected chi connectivity index (χ2v) is 8.09. The number of para-hydroxylation sites is 1. The first-order chi connectivity index (χ1) is 14.7. The Morgan fingerprint density at radius 3 is 2.77 bits per heavy atom. The molecule has 0 aliphatic carbocycles. The van der Waals surface area contributed by atoms with Crippen LogP contribution in [0, 0.1) is 6.92 Å². The van der Waals surface area contributed by atoms with Crippen molar-refractivity contribution in [3.05, 3.63) is 107 Å². The predicted octanol–water partition coefficient (Wildman–Crippen LogP) is 5.53. The van der Waals surface area contributed by atoms with Crippen molar-refractivity contribution in [3.8, 4) is 0 Å². The summed E-state index contributed by atoms with van der Waals surface area (Å²) in [6, 6.07) is 24.6. The molecule has 0 spiro atoms. The number of hydrogen-bond acceptors (Lipinski definition) is 3. The van der Waals surface area contributed by atoms with E-state index in [1.54, 1.807) is 0 Å². The number of aromatic nitrogens is 1. The number of fused-ring (bicyclic) bond motifs is 3. The van der Waals surface area contributed by atoms with E-state index in [1.165, 1.54) is 22.1 Å². The summed E-state index contributed by atoms with van der Waals surface area (Å²) in [5.41, 5.74) is 7.87. The number of Topliss-reactive ketones (excluding diaryl/α,β-unsaturated/α-hetero) is 1. The highest BCUT2D eigenvalue weighted by atomic mass is 16.1. The maximum atomic E-state index is 12.9. The van der Waals surface area contributed by atoms with Gasteiger partial charge in [0.25, 0.3) is 0 Å². The Hall–Kier alpha value is -3.46. The minimum atomic E-state index is 0.160. The van der Waals surface area contributed by atoms with Gasteiger partial charge in [-0.1, -0.05) is 60.2 Å². The third kappa shape index (κ3) is 3.59. The molecule has 0 unspecified atom stereocenters. The molecule has 0 radical (unpaired) electrons. The van der Waals surface area contributed by atoms with E-state index in [1.807, 2.05) is 42.6 Å². The van der Waals surface area contributed by atoms with Crippen LogP contribution in [-0.4, -0.2) is 17.3 Å². The Morgan fingerprint density at radius 1 is 1.00 bits per heavy atom. The molecule has 3 heteroatoms. The van der Waals surface area contributed by atoms with Crippen LogP contribution in [0.2, 0.25) is 0 Å². The van der Waals surface area contributed by atoms with Crippen LogP contribution < -0.4 is 4.90 Å². The lowest BCUT2D eigenvalue weighted by Gasteiger charge is -2.31. The first-order valence-corrected chi connectivity index (χ1v) is 10.5. The van der Waals surface area contributed by atoms with Crippen LogP contribution in [0.1, 0.15) is 32.6 Å². The van der Waals surface area contributed by atoms with Gasteiger partial charge in [-0.15, -0.1) is 0 Å². The highest BCUT2D eigenvalue weighted by Gasteiger charge is 2.20. The summed E-state index contributed by atoms with van der Waals surface area (Å²) in [7, 11) is 0. The number of carbonyl (C=O) groups is 1. The number of aryl methyl sites for hydroxylation is 1. The SMILES string of the molecule is Cc1cccc(CC(=O)c2cccc(N3CCc4c(cnc5ccccc45)C3)c2)c1. The zero-order chi connectivity index (χ0) is 20.5. The highest BCUT2D eigenvalue weighted by Crippen LogP contribution is 2.29.